The van der Waals surface area contributed by atoms with E-state index in [4.69, 9.17) is 9.84 Å². The van der Waals surface area contributed by atoms with Gasteiger partial charge in [-0.3, -0.25) is 4.68 Å². The number of nitrogens with zero attached hydrogens (tertiary/aromatic N) is 4. The second-order valence-electron chi connectivity index (χ2n) is 11.3. The minimum atomic E-state index is 0. The molecule has 0 unspecified atom stereocenters. The molecule has 0 radical (unpaired) electrons. The summed E-state index contributed by atoms with van der Waals surface area (Å²) in [5, 5.41) is 6.97. The second kappa shape index (κ2) is 12.5. The van der Waals surface area contributed by atoms with Crippen LogP contribution in [-0.2, 0) is 33.9 Å². The van der Waals surface area contributed by atoms with Gasteiger partial charge in [-0.15, -0.1) is 35.7 Å². The Hall–Kier alpha value is -4.47. The molecule has 3 heterocycles. The molecule has 6 heteroatoms. The van der Waals surface area contributed by atoms with Crippen LogP contribution in [0, 0.1) is 32.9 Å². The first-order chi connectivity index (χ1) is 21.4. The number of fused-ring (bicyclic) bond motifs is 3. The third-order valence-electron chi connectivity index (χ3n) is 8.51. The van der Waals surface area contributed by atoms with E-state index >= 15 is 0 Å². The Morgan fingerprint density at radius 2 is 1.64 bits per heavy atom. The summed E-state index contributed by atoms with van der Waals surface area (Å²) in [5.41, 5.74) is 11.8. The maximum Gasteiger partial charge on any atom is 2.00 e. The molecule has 3 aromatic heterocycles. The van der Waals surface area contributed by atoms with Gasteiger partial charge < -0.3 is 9.30 Å². The molecule has 0 fully saturated rings. The Bertz CT molecular complexity index is 2170. The molecule has 0 aliphatic carbocycles. The Morgan fingerprint density at radius 1 is 0.822 bits per heavy atom. The van der Waals surface area contributed by atoms with E-state index in [1.807, 2.05) is 47.4 Å². The molecule has 226 valence electrons. The van der Waals surface area contributed by atoms with E-state index in [0.29, 0.717) is 11.5 Å². The average Bonchev–Trinajstić information content (AvgIpc) is 3.64. The van der Waals surface area contributed by atoms with Crippen molar-refractivity contribution in [2.75, 3.05) is 0 Å². The summed E-state index contributed by atoms with van der Waals surface area (Å²) in [6.45, 7) is 11.0. The van der Waals surface area contributed by atoms with Gasteiger partial charge in [-0.05, 0) is 96.3 Å². The summed E-state index contributed by atoms with van der Waals surface area (Å²) in [6.07, 6.45) is 7.94. The number of para-hydroxylation sites is 1. The summed E-state index contributed by atoms with van der Waals surface area (Å²) < 4.78 is 10.4. The van der Waals surface area contributed by atoms with E-state index in [1.165, 1.54) is 27.8 Å². The van der Waals surface area contributed by atoms with E-state index in [-0.39, 0.29) is 21.1 Å². The number of benzene rings is 4. The molecule has 0 saturated carbocycles. The van der Waals surface area contributed by atoms with Crippen molar-refractivity contribution in [1.29, 1.82) is 0 Å². The molecule has 7 aromatic rings. The van der Waals surface area contributed by atoms with E-state index < -0.39 is 0 Å². The van der Waals surface area contributed by atoms with Gasteiger partial charge in [0.25, 0.3) is 0 Å². The van der Waals surface area contributed by atoms with E-state index in [0.717, 1.165) is 57.3 Å². The normalized spacial score (nSPS) is 11.2. The summed E-state index contributed by atoms with van der Waals surface area (Å²) in [4.78, 5) is 4.68. The minimum absolute atomic E-state index is 0. The molecule has 0 spiro atoms. The summed E-state index contributed by atoms with van der Waals surface area (Å²) >= 11 is 0. The van der Waals surface area contributed by atoms with Crippen molar-refractivity contribution in [3.05, 3.63) is 131 Å². The molecule has 0 aliphatic heterocycles. The van der Waals surface area contributed by atoms with Crippen LogP contribution in [0.15, 0.2) is 91.4 Å². The van der Waals surface area contributed by atoms with E-state index in [2.05, 4.69) is 105 Å². The Kier molecular flexibility index (Phi) is 8.48. The molecular weight excluding hydrogens is 736 g/mol. The summed E-state index contributed by atoms with van der Waals surface area (Å²) in [6, 6.07) is 31.7. The molecule has 0 aliphatic rings. The zero-order valence-electron chi connectivity index (χ0n) is 26.1. The fourth-order valence-corrected chi connectivity index (χ4v) is 6.51. The molecule has 0 N–H and O–H groups in total. The maximum atomic E-state index is 6.36. The van der Waals surface area contributed by atoms with Gasteiger partial charge in [-0.2, -0.15) is 17.2 Å². The van der Waals surface area contributed by atoms with Crippen molar-refractivity contribution < 1.29 is 25.8 Å². The molecule has 7 rings (SSSR count). The van der Waals surface area contributed by atoms with Crippen molar-refractivity contribution in [1.82, 2.24) is 19.3 Å². The molecule has 5 nitrogen and oxygen atoms in total. The van der Waals surface area contributed by atoms with Crippen molar-refractivity contribution >= 4 is 21.8 Å². The topological polar surface area (TPSA) is 44.9 Å². The second-order valence-corrected chi connectivity index (χ2v) is 11.3. The molecular formula is C39H34N4OPt. The SMILES string of the molecule is CCc1cc(C)c(-c2cnn(-c3[c-]c(Oc4[c-]c5c(cc4)c4ccccc4n5-c4cc(C)ccn4)ccc3)c2)c(C)c1CC.[Pt+2]. The third-order valence-corrected chi connectivity index (χ3v) is 8.51. The summed E-state index contributed by atoms with van der Waals surface area (Å²) in [7, 11) is 0. The number of aryl methyl sites for hydroxylation is 3. The number of ether oxygens (including phenoxy) is 1. The predicted octanol–water partition coefficient (Wildman–Crippen LogP) is 9.47. The van der Waals surface area contributed by atoms with Crippen LogP contribution in [0.2, 0.25) is 0 Å². The van der Waals surface area contributed by atoms with Gasteiger partial charge >= 0.3 is 21.1 Å². The van der Waals surface area contributed by atoms with Crippen LogP contribution in [0.4, 0.5) is 0 Å². The number of rotatable bonds is 7. The number of pyridine rings is 1. The largest absolute Gasteiger partial charge is 2.00 e. The molecule has 0 atom stereocenters. The zero-order valence-corrected chi connectivity index (χ0v) is 28.4. The Labute approximate surface area is 278 Å². The van der Waals surface area contributed by atoms with Crippen molar-refractivity contribution in [2.24, 2.45) is 0 Å². The number of hydrogen-bond donors (Lipinski definition) is 0. The Morgan fingerprint density at radius 3 is 2.44 bits per heavy atom. The number of hydrogen-bond acceptors (Lipinski definition) is 3. The fourth-order valence-electron chi connectivity index (χ4n) is 6.51. The first-order valence-corrected chi connectivity index (χ1v) is 15.2. The van der Waals surface area contributed by atoms with E-state index in [9.17, 15) is 0 Å². The van der Waals surface area contributed by atoms with Gasteiger partial charge in [0.1, 0.15) is 5.82 Å². The van der Waals surface area contributed by atoms with Gasteiger partial charge in [0.2, 0.25) is 0 Å². The average molecular weight is 770 g/mol. The molecule has 0 amide bonds. The zero-order chi connectivity index (χ0) is 30.4. The van der Waals surface area contributed by atoms with E-state index in [1.54, 1.807) is 0 Å². The molecule has 0 saturated heterocycles. The molecule has 0 bridgehead atoms. The van der Waals surface area contributed by atoms with Crippen LogP contribution in [-0.4, -0.2) is 19.3 Å². The van der Waals surface area contributed by atoms with Gasteiger partial charge in [0.05, 0.1) is 6.20 Å². The standard InChI is InChI=1S/C39H34N4O.Pt/c1-6-28-20-26(4)39(27(5)33(28)7-2)29-23-41-42(24-29)30-11-10-12-31(21-30)44-32-15-16-35-34-13-8-9-14-36(34)43(37(35)22-32)38-19-25(3)17-18-40-38;/h8-20,23-24H,6-7H2,1-5H3;/q-2;+2. The van der Waals surface area contributed by atoms with Crippen LogP contribution in [0.3, 0.4) is 0 Å². The maximum absolute atomic E-state index is 6.36. The molecule has 45 heavy (non-hydrogen) atoms. The quantitative estimate of drug-likeness (QED) is 0.152. The van der Waals surface area contributed by atoms with Crippen LogP contribution in [0.25, 0.3) is 44.4 Å². The van der Waals surface area contributed by atoms with Crippen LogP contribution < -0.4 is 4.74 Å². The van der Waals surface area contributed by atoms with Crippen LogP contribution in [0.1, 0.15) is 41.7 Å². The first-order valence-electron chi connectivity index (χ1n) is 15.2. The van der Waals surface area contributed by atoms with Gasteiger partial charge in [0, 0.05) is 35.0 Å². The van der Waals surface area contributed by atoms with Crippen molar-refractivity contribution in [3.8, 4) is 34.1 Å². The minimum Gasteiger partial charge on any atom is -0.509 e. The van der Waals surface area contributed by atoms with Crippen LogP contribution in [0.5, 0.6) is 11.5 Å². The van der Waals surface area contributed by atoms with Gasteiger partial charge in [0.15, 0.2) is 0 Å². The Balaban J connectivity index is 0.00000357. The monoisotopic (exact) mass is 769 g/mol. The number of aromatic nitrogens is 4. The third kappa shape index (κ3) is 5.51. The van der Waals surface area contributed by atoms with Gasteiger partial charge in [-0.1, -0.05) is 43.6 Å². The smallest absolute Gasteiger partial charge is 0.509 e. The van der Waals surface area contributed by atoms with Crippen molar-refractivity contribution in [3.63, 3.8) is 0 Å². The van der Waals surface area contributed by atoms with Gasteiger partial charge in [-0.25, -0.2) is 4.98 Å². The summed E-state index contributed by atoms with van der Waals surface area (Å²) in [5.74, 6) is 2.06. The van der Waals surface area contributed by atoms with Crippen LogP contribution >= 0.6 is 0 Å². The predicted molar refractivity (Wildman–Crippen MR) is 178 cm³/mol. The fraction of sp³-hybridized carbons (Fsp3) is 0.179. The van der Waals surface area contributed by atoms with Crippen molar-refractivity contribution in [2.45, 2.75) is 47.5 Å². The molecule has 4 aromatic carbocycles. The first kappa shape index (κ1) is 30.6.